The van der Waals surface area contributed by atoms with Crippen molar-refractivity contribution in [1.82, 2.24) is 24.9 Å². The second kappa shape index (κ2) is 7.18. The first-order valence-corrected chi connectivity index (χ1v) is 8.47. The molecule has 1 N–H and O–H groups in total. The van der Waals surface area contributed by atoms with Crippen molar-refractivity contribution in [3.8, 4) is 0 Å². The van der Waals surface area contributed by atoms with Crippen LogP contribution in [-0.4, -0.2) is 63.6 Å². The molecule has 3 heterocycles. The van der Waals surface area contributed by atoms with E-state index in [9.17, 15) is 4.79 Å². The van der Waals surface area contributed by atoms with Crippen molar-refractivity contribution < 1.29 is 9.32 Å². The van der Waals surface area contributed by atoms with Gasteiger partial charge < -0.3 is 14.7 Å². The van der Waals surface area contributed by atoms with Gasteiger partial charge in [-0.3, -0.25) is 9.69 Å². The van der Waals surface area contributed by atoms with Gasteiger partial charge >= 0.3 is 0 Å². The lowest BCUT2D eigenvalue weighted by atomic mass is 10.1. The third-order valence-electron chi connectivity index (χ3n) is 4.23. The van der Waals surface area contributed by atoms with Crippen molar-refractivity contribution in [2.75, 3.05) is 32.0 Å². The number of piperazine rings is 1. The highest BCUT2D eigenvalue weighted by molar-refractivity contribution is 5.98. The van der Waals surface area contributed by atoms with Crippen LogP contribution in [0.2, 0.25) is 0 Å². The maximum atomic E-state index is 13.1. The molecular formula is C17H24N6O2. The average molecular weight is 344 g/mol. The van der Waals surface area contributed by atoms with Gasteiger partial charge in [0.15, 0.2) is 5.82 Å². The summed E-state index contributed by atoms with van der Waals surface area (Å²) in [5.74, 6) is 1.73. The summed E-state index contributed by atoms with van der Waals surface area (Å²) in [6.07, 6.45) is 1.69. The van der Waals surface area contributed by atoms with Crippen LogP contribution < -0.4 is 5.32 Å². The Kier molecular flexibility index (Phi) is 4.98. The SMILES string of the molecule is Cc1noc([C@H]2CN(C(=O)c3cccnc3NC(C)C)CCN2C)n1. The number of likely N-dealkylation sites (N-methyl/N-ethyl adjacent to an activating group) is 1. The van der Waals surface area contributed by atoms with E-state index >= 15 is 0 Å². The van der Waals surface area contributed by atoms with Crippen LogP contribution in [0.1, 0.15) is 42.0 Å². The predicted molar refractivity (Wildman–Crippen MR) is 93.3 cm³/mol. The number of hydrogen-bond acceptors (Lipinski definition) is 7. The molecule has 2 aromatic rings. The number of amides is 1. The Morgan fingerprint density at radius 2 is 2.20 bits per heavy atom. The maximum Gasteiger partial charge on any atom is 0.257 e. The monoisotopic (exact) mass is 344 g/mol. The first-order chi connectivity index (χ1) is 12.0. The zero-order chi connectivity index (χ0) is 18.0. The van der Waals surface area contributed by atoms with Crippen LogP contribution in [0.5, 0.6) is 0 Å². The summed E-state index contributed by atoms with van der Waals surface area (Å²) >= 11 is 0. The second-order valence-corrected chi connectivity index (χ2v) is 6.63. The molecule has 2 aromatic heterocycles. The second-order valence-electron chi connectivity index (χ2n) is 6.63. The van der Waals surface area contributed by atoms with Gasteiger partial charge in [0.25, 0.3) is 5.91 Å². The number of aromatic nitrogens is 3. The minimum Gasteiger partial charge on any atom is -0.367 e. The van der Waals surface area contributed by atoms with Gasteiger partial charge in [-0.25, -0.2) is 4.98 Å². The molecule has 8 nitrogen and oxygen atoms in total. The zero-order valence-electron chi connectivity index (χ0n) is 15.1. The summed E-state index contributed by atoms with van der Waals surface area (Å²) in [7, 11) is 2.00. The molecule has 1 atom stereocenters. The minimum atomic E-state index is -0.0999. The van der Waals surface area contributed by atoms with Gasteiger partial charge in [0, 0.05) is 31.9 Å². The van der Waals surface area contributed by atoms with Gasteiger partial charge in [0.2, 0.25) is 5.89 Å². The number of hydrogen-bond donors (Lipinski definition) is 1. The summed E-state index contributed by atoms with van der Waals surface area (Å²) < 4.78 is 5.32. The number of nitrogens with one attached hydrogen (secondary N) is 1. The van der Waals surface area contributed by atoms with Crippen molar-refractivity contribution in [2.45, 2.75) is 32.9 Å². The van der Waals surface area contributed by atoms with E-state index in [1.165, 1.54) is 0 Å². The Balaban J connectivity index is 1.81. The fourth-order valence-electron chi connectivity index (χ4n) is 2.91. The summed E-state index contributed by atoms with van der Waals surface area (Å²) in [6, 6.07) is 3.69. The van der Waals surface area contributed by atoms with Crippen molar-refractivity contribution >= 4 is 11.7 Å². The molecule has 0 unspecified atom stereocenters. The normalized spacial score (nSPS) is 18.6. The number of aryl methyl sites for hydroxylation is 1. The smallest absolute Gasteiger partial charge is 0.257 e. The van der Waals surface area contributed by atoms with Crippen LogP contribution in [-0.2, 0) is 0 Å². The molecule has 1 aliphatic rings. The molecule has 0 radical (unpaired) electrons. The summed E-state index contributed by atoms with van der Waals surface area (Å²) in [4.78, 5) is 25.7. The van der Waals surface area contributed by atoms with Crippen molar-refractivity contribution in [3.05, 3.63) is 35.6 Å². The zero-order valence-corrected chi connectivity index (χ0v) is 15.1. The number of carbonyl (C=O) groups excluding carboxylic acids is 1. The fraction of sp³-hybridized carbons (Fsp3) is 0.529. The molecule has 8 heteroatoms. The Labute approximate surface area is 147 Å². The van der Waals surface area contributed by atoms with Crippen LogP contribution >= 0.6 is 0 Å². The van der Waals surface area contributed by atoms with Crippen LogP contribution in [0.25, 0.3) is 0 Å². The first kappa shape index (κ1) is 17.3. The van der Waals surface area contributed by atoms with E-state index in [2.05, 4.69) is 25.3 Å². The molecule has 1 aliphatic heterocycles. The summed E-state index contributed by atoms with van der Waals surface area (Å²) in [6.45, 7) is 7.73. The highest BCUT2D eigenvalue weighted by Crippen LogP contribution is 2.25. The number of rotatable bonds is 4. The van der Waals surface area contributed by atoms with Gasteiger partial charge in [0.05, 0.1) is 5.56 Å². The molecule has 134 valence electrons. The largest absolute Gasteiger partial charge is 0.367 e. The third kappa shape index (κ3) is 3.79. The lowest BCUT2D eigenvalue weighted by Crippen LogP contribution is -2.49. The van der Waals surface area contributed by atoms with Gasteiger partial charge in [-0.15, -0.1) is 0 Å². The van der Waals surface area contributed by atoms with Gasteiger partial charge in [-0.2, -0.15) is 4.98 Å². The van der Waals surface area contributed by atoms with Crippen LogP contribution in [0, 0.1) is 6.92 Å². The van der Waals surface area contributed by atoms with Gasteiger partial charge in [-0.1, -0.05) is 5.16 Å². The van der Waals surface area contributed by atoms with Crippen LogP contribution in [0.15, 0.2) is 22.9 Å². The summed E-state index contributed by atoms with van der Waals surface area (Å²) in [5, 5.41) is 7.10. The molecule has 1 amide bonds. The minimum absolute atomic E-state index is 0.0365. The van der Waals surface area contributed by atoms with E-state index in [1.54, 1.807) is 19.2 Å². The lowest BCUT2D eigenvalue weighted by molar-refractivity contribution is 0.0489. The van der Waals surface area contributed by atoms with Crippen LogP contribution in [0.3, 0.4) is 0 Å². The average Bonchev–Trinajstić information content (AvgIpc) is 3.01. The molecule has 1 fully saturated rings. The molecule has 0 aromatic carbocycles. The molecule has 0 bridgehead atoms. The number of pyridine rings is 1. The molecule has 0 spiro atoms. The predicted octanol–water partition coefficient (Wildman–Crippen LogP) is 1.72. The van der Waals surface area contributed by atoms with Crippen molar-refractivity contribution in [1.29, 1.82) is 0 Å². The lowest BCUT2D eigenvalue weighted by Gasteiger charge is -2.37. The highest BCUT2D eigenvalue weighted by atomic mass is 16.5. The van der Waals surface area contributed by atoms with Crippen LogP contribution in [0.4, 0.5) is 5.82 Å². The van der Waals surface area contributed by atoms with E-state index in [0.717, 1.165) is 6.54 Å². The Morgan fingerprint density at radius 3 is 2.88 bits per heavy atom. The van der Waals surface area contributed by atoms with Gasteiger partial charge in [-0.05, 0) is 40.0 Å². The molecule has 1 saturated heterocycles. The highest BCUT2D eigenvalue weighted by Gasteiger charge is 2.33. The number of anilines is 1. The molecule has 0 saturated carbocycles. The van der Waals surface area contributed by atoms with Crippen molar-refractivity contribution in [2.24, 2.45) is 0 Å². The quantitative estimate of drug-likeness (QED) is 0.903. The molecular weight excluding hydrogens is 320 g/mol. The Morgan fingerprint density at radius 1 is 1.40 bits per heavy atom. The number of nitrogens with zero attached hydrogens (tertiary/aromatic N) is 5. The number of carbonyl (C=O) groups is 1. The fourth-order valence-corrected chi connectivity index (χ4v) is 2.91. The van der Waals surface area contributed by atoms with Crippen molar-refractivity contribution in [3.63, 3.8) is 0 Å². The topological polar surface area (TPSA) is 87.4 Å². The van der Waals surface area contributed by atoms with E-state index in [0.29, 0.717) is 36.2 Å². The molecule has 3 rings (SSSR count). The summed E-state index contributed by atoms with van der Waals surface area (Å²) in [5.41, 5.74) is 0.584. The third-order valence-corrected chi connectivity index (χ3v) is 4.23. The molecule has 25 heavy (non-hydrogen) atoms. The molecule has 0 aliphatic carbocycles. The van der Waals surface area contributed by atoms with Gasteiger partial charge in [0.1, 0.15) is 11.9 Å². The first-order valence-electron chi connectivity index (χ1n) is 8.47. The van der Waals surface area contributed by atoms with E-state index in [-0.39, 0.29) is 18.0 Å². The Hall–Kier alpha value is -2.48. The Bertz CT molecular complexity index is 744. The van der Waals surface area contributed by atoms with E-state index < -0.39 is 0 Å². The van der Waals surface area contributed by atoms with E-state index in [1.807, 2.05) is 31.9 Å². The standard InChI is InChI=1S/C17H24N6O2/c1-11(2)19-15-13(6-5-7-18-15)17(24)23-9-8-22(4)14(10-23)16-20-12(3)21-25-16/h5-7,11,14H,8-10H2,1-4H3,(H,18,19)/t14-/m1/s1. The maximum absolute atomic E-state index is 13.1. The van der Waals surface area contributed by atoms with E-state index in [4.69, 9.17) is 4.52 Å².